The fourth-order valence-electron chi connectivity index (χ4n) is 2.27. The first-order chi connectivity index (χ1) is 8.85. The van der Waals surface area contributed by atoms with Crippen molar-refractivity contribution in [2.75, 3.05) is 39.3 Å². The predicted octanol–water partition coefficient (Wildman–Crippen LogP) is 0.140. The number of hydrogen-bond donors (Lipinski definition) is 3. The van der Waals surface area contributed by atoms with Crippen molar-refractivity contribution < 1.29 is 32.4 Å². The van der Waals surface area contributed by atoms with Gasteiger partial charge < -0.3 is 15.3 Å². The van der Waals surface area contributed by atoms with E-state index in [-0.39, 0.29) is 23.2 Å². The molecule has 0 unspecified atom stereocenters. The molecule has 6 heteroatoms. The van der Waals surface area contributed by atoms with Crippen LogP contribution in [0.1, 0.15) is 34.1 Å². The van der Waals surface area contributed by atoms with E-state index in [1.165, 1.54) is 0 Å². The molecular weight excluding hydrogens is 308 g/mol. The van der Waals surface area contributed by atoms with Gasteiger partial charge in [-0.3, -0.25) is 9.80 Å². The van der Waals surface area contributed by atoms with E-state index < -0.39 is 12.2 Å². The summed E-state index contributed by atoms with van der Waals surface area (Å²) in [5, 5.41) is 28.4. The molecule has 3 N–H and O–H groups in total. The van der Waals surface area contributed by atoms with Crippen molar-refractivity contribution in [1.82, 2.24) is 9.80 Å². The maximum Gasteiger partial charge on any atom is 0.0639 e. The smallest absolute Gasteiger partial charge is 0.0639 e. The molecular formula is C14H32CuN2O3. The molecule has 3 atom stereocenters. The van der Waals surface area contributed by atoms with Crippen molar-refractivity contribution >= 4 is 0 Å². The summed E-state index contributed by atoms with van der Waals surface area (Å²) in [6.07, 6.45) is -0.0571. The van der Waals surface area contributed by atoms with E-state index in [4.69, 9.17) is 0 Å². The van der Waals surface area contributed by atoms with Crippen LogP contribution in [0.3, 0.4) is 0 Å². The Morgan fingerprint density at radius 2 is 1.05 bits per heavy atom. The van der Waals surface area contributed by atoms with Gasteiger partial charge in [0.2, 0.25) is 0 Å². The van der Waals surface area contributed by atoms with Gasteiger partial charge in [-0.25, -0.2) is 0 Å². The maximum atomic E-state index is 9.47. The molecule has 0 aromatic rings. The van der Waals surface area contributed by atoms with Crippen molar-refractivity contribution in [2.24, 2.45) is 0 Å². The van der Waals surface area contributed by atoms with Gasteiger partial charge in [0.15, 0.2) is 0 Å². The molecule has 20 heavy (non-hydrogen) atoms. The van der Waals surface area contributed by atoms with E-state index in [1.54, 1.807) is 20.8 Å². The number of rotatable bonds is 11. The monoisotopic (exact) mass is 339 g/mol. The van der Waals surface area contributed by atoms with Crippen LogP contribution in [0.2, 0.25) is 0 Å². The first-order valence-electron chi connectivity index (χ1n) is 7.34. The molecule has 127 valence electrons. The van der Waals surface area contributed by atoms with E-state index >= 15 is 0 Å². The number of aliphatic hydroxyl groups excluding tert-OH is 3. The maximum absolute atomic E-state index is 9.47. The Labute approximate surface area is 134 Å². The second-order valence-electron chi connectivity index (χ2n) is 5.61. The van der Waals surface area contributed by atoms with Gasteiger partial charge in [0, 0.05) is 49.8 Å². The summed E-state index contributed by atoms with van der Waals surface area (Å²) in [4.78, 5) is 4.29. The van der Waals surface area contributed by atoms with Crippen LogP contribution in [0.5, 0.6) is 0 Å². The van der Waals surface area contributed by atoms with E-state index in [2.05, 4.69) is 16.7 Å². The van der Waals surface area contributed by atoms with E-state index in [0.29, 0.717) is 19.6 Å². The van der Waals surface area contributed by atoms with Gasteiger partial charge >= 0.3 is 0 Å². The molecule has 0 saturated heterocycles. The summed E-state index contributed by atoms with van der Waals surface area (Å²) < 4.78 is 0. The third-order valence-corrected chi connectivity index (χ3v) is 2.84. The van der Waals surface area contributed by atoms with Crippen LogP contribution in [-0.2, 0) is 17.1 Å². The van der Waals surface area contributed by atoms with E-state index in [0.717, 1.165) is 26.1 Å². The van der Waals surface area contributed by atoms with Crippen LogP contribution in [0.15, 0.2) is 0 Å². The number of nitrogens with zero attached hydrogens (tertiary/aromatic N) is 2. The third kappa shape index (κ3) is 13.3. The molecule has 0 fully saturated rings. The van der Waals surface area contributed by atoms with Gasteiger partial charge in [0.25, 0.3) is 0 Å². The minimum Gasteiger partial charge on any atom is -0.392 e. The molecule has 0 spiro atoms. The largest absolute Gasteiger partial charge is 0.392 e. The normalized spacial score (nSPS) is 16.1. The van der Waals surface area contributed by atoms with E-state index in [9.17, 15) is 15.3 Å². The van der Waals surface area contributed by atoms with Crippen LogP contribution in [0.25, 0.3) is 0 Å². The number of aliphatic hydroxyl groups is 3. The predicted molar refractivity (Wildman–Crippen MR) is 78.2 cm³/mol. The first-order valence-corrected chi connectivity index (χ1v) is 7.34. The summed E-state index contributed by atoms with van der Waals surface area (Å²) in [7, 11) is 0. The topological polar surface area (TPSA) is 67.2 Å². The molecule has 0 aliphatic heterocycles. The van der Waals surface area contributed by atoms with Crippen molar-refractivity contribution in [3.05, 3.63) is 0 Å². The van der Waals surface area contributed by atoms with E-state index in [1.807, 2.05) is 0 Å². The van der Waals surface area contributed by atoms with Gasteiger partial charge in [-0.05, 0) is 33.7 Å². The van der Waals surface area contributed by atoms with Gasteiger partial charge in [-0.1, -0.05) is 6.92 Å². The van der Waals surface area contributed by atoms with Gasteiger partial charge in [0.1, 0.15) is 0 Å². The molecule has 0 aromatic heterocycles. The fraction of sp³-hybridized carbons (Fsp3) is 1.00. The minimum absolute atomic E-state index is 0. The summed E-state index contributed by atoms with van der Waals surface area (Å²) in [5.74, 6) is 0. The molecule has 0 saturated carbocycles. The molecule has 0 bridgehead atoms. The van der Waals surface area contributed by atoms with Gasteiger partial charge in [-0.2, -0.15) is 0 Å². The Hall–Kier alpha value is 0.319. The zero-order valence-corrected chi connectivity index (χ0v) is 14.2. The summed E-state index contributed by atoms with van der Waals surface area (Å²) in [5.41, 5.74) is 0. The van der Waals surface area contributed by atoms with Gasteiger partial charge in [0.05, 0.1) is 18.3 Å². The second kappa shape index (κ2) is 13.0. The molecule has 0 heterocycles. The quantitative estimate of drug-likeness (QED) is 0.467. The van der Waals surface area contributed by atoms with Crippen molar-refractivity contribution in [1.29, 1.82) is 0 Å². The Bertz CT molecular complexity index is 207. The molecule has 0 rings (SSSR count). The van der Waals surface area contributed by atoms with Crippen molar-refractivity contribution in [3.63, 3.8) is 0 Å². The fourth-order valence-corrected chi connectivity index (χ4v) is 2.27. The molecule has 5 nitrogen and oxygen atoms in total. The Kier molecular flexibility index (Phi) is 14.7. The van der Waals surface area contributed by atoms with Crippen LogP contribution >= 0.6 is 0 Å². The van der Waals surface area contributed by atoms with Crippen LogP contribution in [0, 0.1) is 0 Å². The standard InChI is InChI=1S/C14H32N2O3.Cu/c1-5-6-15(9-12(2)17)7-8-16(10-13(3)18)11-14(4)19;/h12-14,17-19H,5-11H2,1-4H3;/t12-,13-,14-;/m1./s1. The summed E-state index contributed by atoms with van der Waals surface area (Å²) in [6.45, 7) is 11.8. The summed E-state index contributed by atoms with van der Waals surface area (Å²) >= 11 is 0. The average Bonchev–Trinajstić information content (AvgIpc) is 2.23. The molecule has 0 aromatic carbocycles. The SMILES string of the molecule is CCCN(CCN(C[C@@H](C)O)C[C@@H](C)O)C[C@@H](C)O.[Cu]. The molecule has 1 radical (unpaired) electrons. The Balaban J connectivity index is 0. The number of hydrogen-bond acceptors (Lipinski definition) is 5. The van der Waals surface area contributed by atoms with Crippen LogP contribution in [0.4, 0.5) is 0 Å². The van der Waals surface area contributed by atoms with Crippen molar-refractivity contribution in [2.45, 2.75) is 52.4 Å². The van der Waals surface area contributed by atoms with Crippen LogP contribution in [-0.4, -0.2) is 82.7 Å². The van der Waals surface area contributed by atoms with Gasteiger partial charge in [-0.15, -0.1) is 0 Å². The molecule has 0 aliphatic rings. The minimum atomic E-state index is -0.393. The van der Waals surface area contributed by atoms with Crippen LogP contribution < -0.4 is 0 Å². The zero-order chi connectivity index (χ0) is 14.8. The Morgan fingerprint density at radius 1 is 0.700 bits per heavy atom. The zero-order valence-electron chi connectivity index (χ0n) is 13.2. The Morgan fingerprint density at radius 3 is 1.40 bits per heavy atom. The first kappa shape index (κ1) is 22.6. The molecule has 0 amide bonds. The van der Waals surface area contributed by atoms with Crippen molar-refractivity contribution in [3.8, 4) is 0 Å². The third-order valence-electron chi connectivity index (χ3n) is 2.84. The second-order valence-corrected chi connectivity index (χ2v) is 5.61. The average molecular weight is 340 g/mol. The molecule has 0 aliphatic carbocycles. The summed E-state index contributed by atoms with van der Waals surface area (Å²) in [6, 6.07) is 0.